The molecule has 0 aromatic heterocycles. The summed E-state index contributed by atoms with van der Waals surface area (Å²) >= 11 is 0. The van der Waals surface area contributed by atoms with E-state index in [1.807, 2.05) is 6.08 Å². The van der Waals surface area contributed by atoms with E-state index in [-0.39, 0.29) is 12.5 Å². The van der Waals surface area contributed by atoms with Crippen LogP contribution in [0.2, 0.25) is 0 Å². The fourth-order valence-corrected chi connectivity index (χ4v) is 7.30. The molecule has 0 fully saturated rings. The highest BCUT2D eigenvalue weighted by Crippen LogP contribution is 2.14. The average molecular weight is 896 g/mol. The molecule has 2 atom stereocenters. The Hall–Kier alpha value is -3.47. The fraction of sp³-hybridized carbons (Fsp3) is 0.623. The third-order valence-electron chi connectivity index (χ3n) is 11.4. The molecule has 0 aliphatic rings. The molecular formula is C61H101NO3. The van der Waals surface area contributed by atoms with Crippen molar-refractivity contribution in [3.8, 4) is 0 Å². The monoisotopic (exact) mass is 896 g/mol. The van der Waals surface area contributed by atoms with Crippen LogP contribution in [0, 0.1) is 0 Å². The third kappa shape index (κ3) is 51.4. The molecule has 65 heavy (non-hydrogen) atoms. The molecule has 0 aliphatic carbocycles. The summed E-state index contributed by atoms with van der Waals surface area (Å²) in [5, 5.41) is 23.1. The van der Waals surface area contributed by atoms with Gasteiger partial charge in [0, 0.05) is 6.42 Å². The Morgan fingerprint density at radius 1 is 0.385 bits per heavy atom. The molecule has 2 unspecified atom stereocenters. The zero-order valence-corrected chi connectivity index (χ0v) is 42.2. The van der Waals surface area contributed by atoms with E-state index in [0.717, 1.165) is 96.3 Å². The van der Waals surface area contributed by atoms with E-state index in [4.69, 9.17) is 0 Å². The van der Waals surface area contributed by atoms with Crippen molar-refractivity contribution >= 4 is 5.91 Å². The molecule has 0 saturated heterocycles. The minimum Gasteiger partial charge on any atom is -0.394 e. The molecule has 3 N–H and O–H groups in total. The van der Waals surface area contributed by atoms with E-state index < -0.39 is 12.1 Å². The number of amides is 1. The smallest absolute Gasteiger partial charge is 0.220 e. The first kappa shape index (κ1) is 61.5. The van der Waals surface area contributed by atoms with Crippen molar-refractivity contribution in [1.29, 1.82) is 0 Å². The standard InChI is InChI=1S/C61H101NO3/c1-3-5-7-9-11-13-15-17-19-21-22-23-24-25-26-27-28-29-30-31-32-33-34-35-36-37-38-39-40-41-43-45-47-49-51-53-55-57-61(65)62-59(58-63)60(64)56-54-52-50-48-46-44-42-20-18-16-14-12-10-8-6-4-2/h5,7,11,13,17,19,22-23,25-26,28-29,31-32,34-35,37-38,46,48,54,56,59-60,63-64H,3-4,6,8-10,12,14-16,18,20-21,24,27,30,33,36,39-45,47,49-53,55,57-58H2,1-2H3,(H,62,65)/b7-5-,13-11-,19-17-,23-22-,26-25-,29-28-,32-31-,35-34-,38-37-,48-46+,56-54+. The van der Waals surface area contributed by atoms with Gasteiger partial charge in [-0.2, -0.15) is 0 Å². The van der Waals surface area contributed by atoms with E-state index in [0.29, 0.717) is 6.42 Å². The van der Waals surface area contributed by atoms with Crippen molar-refractivity contribution in [3.05, 3.63) is 134 Å². The molecule has 0 heterocycles. The topological polar surface area (TPSA) is 69.6 Å². The van der Waals surface area contributed by atoms with Crippen molar-refractivity contribution in [2.75, 3.05) is 6.61 Å². The van der Waals surface area contributed by atoms with E-state index in [2.05, 4.69) is 141 Å². The van der Waals surface area contributed by atoms with Gasteiger partial charge in [-0.25, -0.2) is 0 Å². The molecule has 1 amide bonds. The number of hydrogen-bond acceptors (Lipinski definition) is 3. The quantitative estimate of drug-likeness (QED) is 0.0421. The van der Waals surface area contributed by atoms with Gasteiger partial charge in [0.05, 0.1) is 18.8 Å². The number of nitrogens with one attached hydrogen (secondary N) is 1. The number of carbonyl (C=O) groups excluding carboxylic acids is 1. The number of carbonyl (C=O) groups is 1. The first-order valence-corrected chi connectivity index (χ1v) is 26.9. The zero-order valence-electron chi connectivity index (χ0n) is 42.2. The van der Waals surface area contributed by atoms with Crippen LogP contribution in [0.25, 0.3) is 0 Å². The summed E-state index contributed by atoms with van der Waals surface area (Å²) in [5.41, 5.74) is 0. The van der Waals surface area contributed by atoms with E-state index in [1.54, 1.807) is 6.08 Å². The van der Waals surface area contributed by atoms with Crippen LogP contribution in [0.15, 0.2) is 134 Å². The van der Waals surface area contributed by atoms with Crippen molar-refractivity contribution < 1.29 is 15.0 Å². The lowest BCUT2D eigenvalue weighted by atomic mass is 10.1. The van der Waals surface area contributed by atoms with Gasteiger partial charge in [0.2, 0.25) is 5.91 Å². The van der Waals surface area contributed by atoms with Crippen LogP contribution < -0.4 is 5.32 Å². The van der Waals surface area contributed by atoms with Gasteiger partial charge in [-0.15, -0.1) is 0 Å². The second-order valence-corrected chi connectivity index (χ2v) is 17.6. The van der Waals surface area contributed by atoms with Gasteiger partial charge < -0.3 is 15.5 Å². The number of hydrogen-bond donors (Lipinski definition) is 3. The highest BCUT2D eigenvalue weighted by atomic mass is 16.3. The van der Waals surface area contributed by atoms with Crippen molar-refractivity contribution in [2.45, 2.75) is 238 Å². The van der Waals surface area contributed by atoms with Gasteiger partial charge >= 0.3 is 0 Å². The maximum Gasteiger partial charge on any atom is 0.220 e. The van der Waals surface area contributed by atoms with Crippen LogP contribution in [0.3, 0.4) is 0 Å². The Morgan fingerprint density at radius 3 is 1.08 bits per heavy atom. The molecule has 4 nitrogen and oxygen atoms in total. The summed E-state index contributed by atoms with van der Waals surface area (Å²) in [6.07, 6.45) is 85.9. The Morgan fingerprint density at radius 2 is 0.692 bits per heavy atom. The molecule has 0 radical (unpaired) electrons. The lowest BCUT2D eigenvalue weighted by Crippen LogP contribution is -2.45. The number of allylic oxidation sites excluding steroid dienone is 21. The molecule has 368 valence electrons. The summed E-state index contributed by atoms with van der Waals surface area (Å²) < 4.78 is 0. The Bertz CT molecular complexity index is 1340. The highest BCUT2D eigenvalue weighted by Gasteiger charge is 2.17. The number of aliphatic hydroxyl groups excluding tert-OH is 2. The Kier molecular flexibility index (Phi) is 51.9. The van der Waals surface area contributed by atoms with Gasteiger partial charge in [0.25, 0.3) is 0 Å². The molecule has 0 saturated carbocycles. The summed E-state index contributed by atoms with van der Waals surface area (Å²) in [4.78, 5) is 12.4. The van der Waals surface area contributed by atoms with Crippen LogP contribution in [0.5, 0.6) is 0 Å². The SMILES string of the molecule is CC/C=C\C/C=C\C/C=C\C/C=C\C/C=C\C/C=C\C/C=C\C/C=C\C/C=C\CCCCCCCCCCCC(=O)NC(CO)C(O)/C=C/CC/C=C/CCCCCCCCCCCC. The molecule has 0 aliphatic heterocycles. The zero-order chi connectivity index (χ0) is 47.0. The van der Waals surface area contributed by atoms with Gasteiger partial charge in [-0.3, -0.25) is 4.79 Å². The van der Waals surface area contributed by atoms with Crippen LogP contribution in [-0.2, 0) is 4.79 Å². The minimum atomic E-state index is -0.873. The summed E-state index contributed by atoms with van der Waals surface area (Å²) in [5.74, 6) is -0.0861. The second kappa shape index (κ2) is 54.9. The molecular weight excluding hydrogens is 795 g/mol. The van der Waals surface area contributed by atoms with Gasteiger partial charge in [-0.1, -0.05) is 250 Å². The fourth-order valence-electron chi connectivity index (χ4n) is 7.30. The average Bonchev–Trinajstić information content (AvgIpc) is 3.31. The Balaban J connectivity index is 3.65. The van der Waals surface area contributed by atoms with Crippen LogP contribution in [-0.4, -0.2) is 34.9 Å². The van der Waals surface area contributed by atoms with Crippen molar-refractivity contribution in [1.82, 2.24) is 5.32 Å². The third-order valence-corrected chi connectivity index (χ3v) is 11.4. The summed E-state index contributed by atoms with van der Waals surface area (Å²) in [6.45, 7) is 4.17. The maximum absolute atomic E-state index is 12.4. The number of aliphatic hydroxyl groups is 2. The van der Waals surface area contributed by atoms with Gasteiger partial charge in [0.15, 0.2) is 0 Å². The molecule has 0 aromatic rings. The van der Waals surface area contributed by atoms with Gasteiger partial charge in [0.1, 0.15) is 0 Å². The molecule has 4 heteroatoms. The normalized spacial score (nSPS) is 14.0. The van der Waals surface area contributed by atoms with Crippen LogP contribution >= 0.6 is 0 Å². The predicted molar refractivity (Wildman–Crippen MR) is 289 cm³/mol. The van der Waals surface area contributed by atoms with E-state index in [9.17, 15) is 15.0 Å². The summed E-state index contributed by atoms with van der Waals surface area (Å²) in [7, 11) is 0. The highest BCUT2D eigenvalue weighted by molar-refractivity contribution is 5.76. The number of rotatable bonds is 47. The molecule has 0 rings (SSSR count). The Labute approximate surface area is 402 Å². The van der Waals surface area contributed by atoms with Crippen molar-refractivity contribution in [2.24, 2.45) is 0 Å². The van der Waals surface area contributed by atoms with E-state index >= 15 is 0 Å². The van der Waals surface area contributed by atoms with Crippen LogP contribution in [0.4, 0.5) is 0 Å². The predicted octanol–water partition coefficient (Wildman–Crippen LogP) is 17.9. The molecule has 0 aromatic carbocycles. The first-order valence-electron chi connectivity index (χ1n) is 26.9. The maximum atomic E-state index is 12.4. The molecule has 0 bridgehead atoms. The van der Waals surface area contributed by atoms with Gasteiger partial charge in [-0.05, 0) is 103 Å². The molecule has 0 spiro atoms. The lowest BCUT2D eigenvalue weighted by Gasteiger charge is -2.19. The minimum absolute atomic E-state index is 0.0861. The van der Waals surface area contributed by atoms with Crippen LogP contribution in [0.1, 0.15) is 226 Å². The second-order valence-electron chi connectivity index (χ2n) is 17.6. The lowest BCUT2D eigenvalue weighted by molar-refractivity contribution is -0.123. The van der Waals surface area contributed by atoms with E-state index in [1.165, 1.54) is 109 Å². The number of unbranched alkanes of at least 4 members (excludes halogenated alkanes) is 20. The largest absolute Gasteiger partial charge is 0.394 e. The summed E-state index contributed by atoms with van der Waals surface area (Å²) in [6, 6.07) is -0.651. The first-order chi connectivity index (χ1) is 32.2. The van der Waals surface area contributed by atoms with Crippen molar-refractivity contribution in [3.63, 3.8) is 0 Å².